The Hall–Kier alpha value is -0.900. The topological polar surface area (TPSA) is 50.2 Å². The van der Waals surface area contributed by atoms with Crippen LogP contribution in [0.15, 0.2) is 6.20 Å². The van der Waals surface area contributed by atoms with E-state index in [2.05, 4.69) is 11.9 Å². The standard InChI is InChI=1S/C12H17NO2S/c1-12(5-3-2-4-6-12)11-13-8-9(16-11)7-10(14)15/h8H,2-7H2,1H3,(H,14,15). The Morgan fingerprint density at radius 2 is 2.19 bits per heavy atom. The van der Waals surface area contributed by atoms with E-state index in [1.54, 1.807) is 17.5 Å². The molecule has 1 heterocycles. The van der Waals surface area contributed by atoms with Crippen molar-refractivity contribution in [2.24, 2.45) is 0 Å². The van der Waals surface area contributed by atoms with E-state index in [0.29, 0.717) is 0 Å². The lowest BCUT2D eigenvalue weighted by Crippen LogP contribution is -2.24. The first-order valence-corrected chi connectivity index (χ1v) is 6.59. The zero-order valence-electron chi connectivity index (χ0n) is 9.53. The summed E-state index contributed by atoms with van der Waals surface area (Å²) in [4.78, 5) is 15.9. The molecular formula is C12H17NO2S. The van der Waals surface area contributed by atoms with Crippen molar-refractivity contribution in [1.82, 2.24) is 4.98 Å². The van der Waals surface area contributed by atoms with Gasteiger partial charge in [0.2, 0.25) is 0 Å². The Bertz CT molecular complexity index is 380. The predicted molar refractivity (Wildman–Crippen MR) is 63.9 cm³/mol. The number of hydrogen-bond donors (Lipinski definition) is 1. The number of carboxylic acids is 1. The lowest BCUT2D eigenvalue weighted by atomic mass is 9.76. The van der Waals surface area contributed by atoms with Gasteiger partial charge in [-0.25, -0.2) is 4.98 Å². The molecule has 1 aromatic heterocycles. The van der Waals surface area contributed by atoms with E-state index in [9.17, 15) is 4.79 Å². The Morgan fingerprint density at radius 3 is 2.81 bits per heavy atom. The molecular weight excluding hydrogens is 222 g/mol. The monoisotopic (exact) mass is 239 g/mol. The number of carboxylic acid groups (broad SMARTS) is 1. The molecule has 1 aliphatic rings. The van der Waals surface area contributed by atoms with Gasteiger partial charge in [0.15, 0.2) is 0 Å². The van der Waals surface area contributed by atoms with Crippen molar-refractivity contribution < 1.29 is 9.90 Å². The molecule has 1 N–H and O–H groups in total. The molecule has 1 aliphatic carbocycles. The van der Waals surface area contributed by atoms with Crippen LogP contribution in [-0.2, 0) is 16.6 Å². The van der Waals surface area contributed by atoms with Crippen molar-refractivity contribution >= 4 is 17.3 Å². The lowest BCUT2D eigenvalue weighted by molar-refractivity contribution is -0.136. The summed E-state index contributed by atoms with van der Waals surface area (Å²) >= 11 is 1.57. The molecule has 0 aliphatic heterocycles. The summed E-state index contributed by atoms with van der Waals surface area (Å²) in [5.74, 6) is -0.774. The molecule has 1 aromatic rings. The SMILES string of the molecule is CC1(c2ncc(CC(=O)O)s2)CCCCC1. The van der Waals surface area contributed by atoms with E-state index in [-0.39, 0.29) is 11.8 Å². The van der Waals surface area contributed by atoms with Gasteiger partial charge in [-0.2, -0.15) is 0 Å². The van der Waals surface area contributed by atoms with Gasteiger partial charge in [-0.1, -0.05) is 26.2 Å². The van der Waals surface area contributed by atoms with Crippen LogP contribution in [0.1, 0.15) is 48.9 Å². The van der Waals surface area contributed by atoms with Gasteiger partial charge in [0, 0.05) is 16.5 Å². The van der Waals surface area contributed by atoms with Gasteiger partial charge in [0.05, 0.1) is 11.4 Å². The first-order valence-electron chi connectivity index (χ1n) is 5.77. The van der Waals surface area contributed by atoms with Crippen molar-refractivity contribution in [2.75, 3.05) is 0 Å². The van der Waals surface area contributed by atoms with Crippen LogP contribution >= 0.6 is 11.3 Å². The molecule has 0 radical (unpaired) electrons. The van der Waals surface area contributed by atoms with Gasteiger partial charge < -0.3 is 5.11 Å². The largest absolute Gasteiger partial charge is 0.481 e. The third kappa shape index (κ3) is 2.43. The smallest absolute Gasteiger partial charge is 0.308 e. The zero-order valence-corrected chi connectivity index (χ0v) is 10.3. The average molecular weight is 239 g/mol. The second-order valence-corrected chi connectivity index (χ2v) is 5.94. The van der Waals surface area contributed by atoms with Crippen molar-refractivity contribution in [3.8, 4) is 0 Å². The molecule has 2 rings (SSSR count). The highest BCUT2D eigenvalue weighted by Gasteiger charge is 2.31. The summed E-state index contributed by atoms with van der Waals surface area (Å²) in [5, 5.41) is 9.86. The maximum atomic E-state index is 10.6. The highest BCUT2D eigenvalue weighted by molar-refractivity contribution is 7.11. The van der Waals surface area contributed by atoms with Gasteiger partial charge in [0.1, 0.15) is 0 Å². The van der Waals surface area contributed by atoms with E-state index in [0.717, 1.165) is 9.88 Å². The molecule has 16 heavy (non-hydrogen) atoms. The highest BCUT2D eigenvalue weighted by Crippen LogP contribution is 2.40. The van der Waals surface area contributed by atoms with Crippen LogP contribution in [0, 0.1) is 0 Å². The first-order chi connectivity index (χ1) is 7.60. The number of aromatic nitrogens is 1. The van der Waals surface area contributed by atoms with Crippen molar-refractivity contribution in [3.05, 3.63) is 16.1 Å². The van der Waals surface area contributed by atoms with E-state index in [1.165, 1.54) is 32.1 Å². The maximum absolute atomic E-state index is 10.6. The summed E-state index contributed by atoms with van der Waals surface area (Å²) in [6.07, 6.45) is 8.07. The molecule has 0 amide bonds. The lowest BCUT2D eigenvalue weighted by Gasteiger charge is -2.31. The molecule has 0 unspecified atom stereocenters. The predicted octanol–water partition coefficient (Wildman–Crippen LogP) is 2.99. The molecule has 0 bridgehead atoms. The molecule has 1 saturated carbocycles. The third-order valence-corrected chi connectivity index (χ3v) is 4.66. The normalized spacial score (nSPS) is 19.6. The van der Waals surface area contributed by atoms with Crippen LogP contribution in [0.5, 0.6) is 0 Å². The Balaban J connectivity index is 2.13. The van der Waals surface area contributed by atoms with Crippen LogP contribution in [0.2, 0.25) is 0 Å². The number of thiazole rings is 1. The molecule has 0 aromatic carbocycles. The molecule has 0 atom stereocenters. The van der Waals surface area contributed by atoms with Gasteiger partial charge >= 0.3 is 5.97 Å². The number of carbonyl (C=O) groups is 1. The quantitative estimate of drug-likeness (QED) is 0.882. The minimum absolute atomic E-state index is 0.105. The number of rotatable bonds is 3. The van der Waals surface area contributed by atoms with E-state index >= 15 is 0 Å². The van der Waals surface area contributed by atoms with E-state index in [1.807, 2.05) is 0 Å². The van der Waals surface area contributed by atoms with E-state index in [4.69, 9.17) is 5.11 Å². The van der Waals surface area contributed by atoms with Gasteiger partial charge in [-0.3, -0.25) is 4.79 Å². The van der Waals surface area contributed by atoms with Crippen molar-refractivity contribution in [1.29, 1.82) is 0 Å². The van der Waals surface area contributed by atoms with Gasteiger partial charge in [0.25, 0.3) is 0 Å². The summed E-state index contributed by atoms with van der Waals surface area (Å²) in [7, 11) is 0. The second kappa shape index (κ2) is 4.53. The molecule has 0 spiro atoms. The minimum Gasteiger partial charge on any atom is -0.481 e. The number of hydrogen-bond acceptors (Lipinski definition) is 3. The average Bonchev–Trinajstić information content (AvgIpc) is 2.67. The maximum Gasteiger partial charge on any atom is 0.308 e. The summed E-state index contributed by atoms with van der Waals surface area (Å²) < 4.78 is 0. The van der Waals surface area contributed by atoms with Gasteiger partial charge in [-0.15, -0.1) is 11.3 Å². The minimum atomic E-state index is -0.774. The van der Waals surface area contributed by atoms with Crippen LogP contribution in [-0.4, -0.2) is 16.1 Å². The molecule has 88 valence electrons. The molecule has 4 heteroatoms. The summed E-state index contributed by atoms with van der Waals surface area (Å²) in [6, 6.07) is 0. The van der Waals surface area contributed by atoms with Crippen LogP contribution in [0.25, 0.3) is 0 Å². The molecule has 1 fully saturated rings. The van der Waals surface area contributed by atoms with Crippen LogP contribution in [0.3, 0.4) is 0 Å². The van der Waals surface area contributed by atoms with Crippen LogP contribution in [0.4, 0.5) is 0 Å². The van der Waals surface area contributed by atoms with E-state index < -0.39 is 5.97 Å². The summed E-state index contributed by atoms with van der Waals surface area (Å²) in [5.41, 5.74) is 0.194. The number of aliphatic carboxylic acids is 1. The zero-order chi connectivity index (χ0) is 11.6. The Morgan fingerprint density at radius 1 is 1.50 bits per heavy atom. The first kappa shape index (κ1) is 11.6. The molecule has 3 nitrogen and oxygen atoms in total. The fourth-order valence-electron chi connectivity index (χ4n) is 2.36. The van der Waals surface area contributed by atoms with Gasteiger partial charge in [-0.05, 0) is 12.8 Å². The fourth-order valence-corrected chi connectivity index (χ4v) is 3.47. The number of nitrogens with zero attached hydrogens (tertiary/aromatic N) is 1. The van der Waals surface area contributed by atoms with Crippen molar-refractivity contribution in [3.63, 3.8) is 0 Å². The summed E-state index contributed by atoms with van der Waals surface area (Å²) in [6.45, 7) is 2.26. The second-order valence-electron chi connectivity index (χ2n) is 4.82. The highest BCUT2D eigenvalue weighted by atomic mass is 32.1. The third-order valence-electron chi connectivity index (χ3n) is 3.35. The Labute approximate surface area is 99.5 Å². The van der Waals surface area contributed by atoms with Crippen LogP contribution < -0.4 is 0 Å². The molecule has 0 saturated heterocycles. The van der Waals surface area contributed by atoms with Crippen molar-refractivity contribution in [2.45, 2.75) is 50.9 Å². The fraction of sp³-hybridized carbons (Fsp3) is 0.667. The Kier molecular flexibility index (Phi) is 3.28.